The lowest BCUT2D eigenvalue weighted by molar-refractivity contribution is -0.141. The van der Waals surface area contributed by atoms with Crippen LogP contribution in [-0.2, 0) is 19.4 Å². The Labute approximate surface area is 219 Å². The molecule has 2 N–H and O–H groups in total. The number of hydrogen-bond donors (Lipinski definition) is 2. The highest BCUT2D eigenvalue weighted by Crippen LogP contribution is 2.43. The first-order valence-electron chi connectivity index (χ1n) is 12.0. The Balaban J connectivity index is 1.63. The number of hydrogen-bond acceptors (Lipinski definition) is 6. The molecule has 0 radical (unpaired) electrons. The third-order valence-corrected chi connectivity index (χ3v) is 10.1. The fraction of sp³-hybridized carbons (Fsp3) is 0.520. The first-order chi connectivity index (χ1) is 17.4. The van der Waals surface area contributed by atoms with Gasteiger partial charge in [0.15, 0.2) is 9.84 Å². The number of likely N-dealkylation sites (tertiary alicyclic amines) is 1. The lowest BCUT2D eigenvalue weighted by Crippen LogP contribution is -2.45. The maximum atomic E-state index is 13.8. The molecular weight excluding hydrogens is 526 g/mol. The molecule has 3 atom stereocenters. The predicted molar refractivity (Wildman–Crippen MR) is 133 cm³/mol. The van der Waals surface area contributed by atoms with E-state index in [4.69, 9.17) is 17.0 Å². The molecule has 0 spiro atoms. The number of sulfone groups is 1. The van der Waals surface area contributed by atoms with E-state index in [9.17, 15) is 32.0 Å². The first-order valence-corrected chi connectivity index (χ1v) is 13.9. The molecule has 0 bridgehead atoms. The average Bonchev–Trinajstić information content (AvgIpc) is 3.30. The number of benzene rings is 1. The largest absolute Gasteiger partial charge is 0.338 e. The minimum atomic E-state index is -4.11. The van der Waals surface area contributed by atoms with Gasteiger partial charge in [-0.2, -0.15) is 5.26 Å². The Kier molecular flexibility index (Phi) is 7.20. The van der Waals surface area contributed by atoms with Crippen LogP contribution in [0.3, 0.4) is 0 Å². The second-order valence-corrected chi connectivity index (χ2v) is 12.5. The van der Waals surface area contributed by atoms with Crippen molar-refractivity contribution in [2.24, 2.45) is 11.8 Å². The zero-order valence-electron chi connectivity index (χ0n) is 20.1. The highest BCUT2D eigenvalue weighted by atomic mass is 35.5. The van der Waals surface area contributed by atoms with Crippen molar-refractivity contribution in [2.75, 3.05) is 13.1 Å². The van der Waals surface area contributed by atoms with Gasteiger partial charge in [-0.05, 0) is 55.9 Å². The van der Waals surface area contributed by atoms with Crippen LogP contribution in [0.15, 0.2) is 29.2 Å². The molecule has 1 aromatic rings. The van der Waals surface area contributed by atoms with Crippen LogP contribution in [0.1, 0.15) is 44.6 Å². The van der Waals surface area contributed by atoms with Crippen LogP contribution in [0.2, 0.25) is 5.02 Å². The van der Waals surface area contributed by atoms with Crippen molar-refractivity contribution in [1.82, 2.24) is 10.2 Å². The fourth-order valence-electron chi connectivity index (χ4n) is 5.11. The van der Waals surface area contributed by atoms with Crippen molar-refractivity contribution in [2.45, 2.75) is 60.6 Å². The van der Waals surface area contributed by atoms with Crippen molar-refractivity contribution in [1.29, 1.82) is 10.7 Å². The number of amides is 2. The fourth-order valence-corrected chi connectivity index (χ4v) is 7.48. The number of nitrogens with one attached hydrogen (secondary N) is 2. The molecule has 1 heterocycles. The minimum Gasteiger partial charge on any atom is -0.338 e. The van der Waals surface area contributed by atoms with E-state index in [1.54, 1.807) is 13.0 Å². The van der Waals surface area contributed by atoms with Crippen LogP contribution < -0.4 is 5.32 Å². The maximum Gasteiger partial charge on any atom is 0.267 e. The maximum absolute atomic E-state index is 13.8. The van der Waals surface area contributed by atoms with E-state index in [-0.39, 0.29) is 29.3 Å². The van der Waals surface area contributed by atoms with Crippen LogP contribution in [0.25, 0.3) is 5.57 Å². The highest BCUT2D eigenvalue weighted by Gasteiger charge is 2.53. The third-order valence-electron chi connectivity index (χ3n) is 7.46. The summed E-state index contributed by atoms with van der Waals surface area (Å²) in [5.41, 5.74) is 0.0725. The lowest BCUT2D eigenvalue weighted by atomic mass is 9.93. The van der Waals surface area contributed by atoms with E-state index in [0.717, 1.165) is 11.1 Å². The van der Waals surface area contributed by atoms with Crippen LogP contribution in [-0.4, -0.2) is 61.1 Å². The van der Waals surface area contributed by atoms with Gasteiger partial charge < -0.3 is 15.6 Å². The van der Waals surface area contributed by atoms with Crippen molar-refractivity contribution in [3.8, 4) is 6.07 Å². The number of carbonyl (C=O) groups is 2. The quantitative estimate of drug-likeness (QED) is 0.499. The monoisotopic (exact) mass is 552 g/mol. The van der Waals surface area contributed by atoms with E-state index < -0.39 is 63.2 Å². The summed E-state index contributed by atoms with van der Waals surface area (Å²) in [5, 5.41) is 18.3. The summed E-state index contributed by atoms with van der Waals surface area (Å²) in [6, 6.07) is 6.33. The molecule has 3 aliphatic rings. The predicted octanol–water partition coefficient (Wildman–Crippen LogP) is 3.60. The SMILES string of the molecule is C/C=C(\C=N)c1ccc(S(=O)(=O)[C@@H]2C[C@@H](C(=O)NC3(C#N)CC3)[C@H](C(=O)N3CCC(F)(F)C3)C2)c(Cl)c1. The molecule has 3 fully saturated rings. The summed E-state index contributed by atoms with van der Waals surface area (Å²) >= 11 is 6.34. The summed E-state index contributed by atoms with van der Waals surface area (Å²) in [5.74, 6) is -6.53. The minimum absolute atomic E-state index is 0.0601. The Bertz CT molecular complexity index is 1320. The zero-order valence-corrected chi connectivity index (χ0v) is 21.7. The standard InChI is InChI=1S/C25H27ClF2N4O4S/c1-2-15(12-29)16-3-4-21(20(26)9-16)37(35,36)17-10-18(22(33)31-24(13-30)5-6-24)19(11-17)23(34)32-8-7-25(27,28)14-32/h2-4,9,12,17-19,29H,5-8,10-11,14H2,1H3,(H,31,33)/b15-2+,29-12?/t17-,18-,19-/m1/s1. The molecule has 4 rings (SSSR count). The van der Waals surface area contributed by atoms with Crippen LogP contribution >= 0.6 is 11.6 Å². The third kappa shape index (κ3) is 5.27. The van der Waals surface area contributed by atoms with Gasteiger partial charge in [0.2, 0.25) is 11.8 Å². The van der Waals surface area contributed by atoms with Gasteiger partial charge in [-0.3, -0.25) is 9.59 Å². The summed E-state index contributed by atoms with van der Waals surface area (Å²) < 4.78 is 54.9. The smallest absolute Gasteiger partial charge is 0.267 e. The molecule has 8 nitrogen and oxygen atoms in total. The van der Waals surface area contributed by atoms with E-state index in [1.807, 2.05) is 6.07 Å². The van der Waals surface area contributed by atoms with Gasteiger partial charge in [0.25, 0.3) is 5.92 Å². The summed E-state index contributed by atoms with van der Waals surface area (Å²) in [7, 11) is -4.11. The van der Waals surface area contributed by atoms with Crippen molar-refractivity contribution >= 4 is 45.0 Å². The summed E-state index contributed by atoms with van der Waals surface area (Å²) in [4.78, 5) is 27.2. The van der Waals surface area contributed by atoms with Gasteiger partial charge in [-0.15, -0.1) is 0 Å². The Morgan fingerprint density at radius 2 is 1.92 bits per heavy atom. The Morgan fingerprint density at radius 1 is 1.24 bits per heavy atom. The highest BCUT2D eigenvalue weighted by molar-refractivity contribution is 7.92. The molecule has 198 valence electrons. The number of rotatable bonds is 7. The number of nitriles is 1. The van der Waals surface area contributed by atoms with E-state index >= 15 is 0 Å². The van der Waals surface area contributed by atoms with Crippen molar-refractivity contribution < 1.29 is 26.8 Å². The van der Waals surface area contributed by atoms with Crippen LogP contribution in [0.4, 0.5) is 8.78 Å². The number of allylic oxidation sites excluding steroid dienone is 2. The first kappa shape index (κ1) is 27.2. The summed E-state index contributed by atoms with van der Waals surface area (Å²) in [6.07, 6.45) is 2.78. The molecule has 0 unspecified atom stereocenters. The van der Waals surface area contributed by atoms with Crippen LogP contribution in [0.5, 0.6) is 0 Å². The lowest BCUT2D eigenvalue weighted by Gasteiger charge is -2.24. The van der Waals surface area contributed by atoms with Gasteiger partial charge in [0.1, 0.15) is 5.54 Å². The van der Waals surface area contributed by atoms with E-state index in [1.165, 1.54) is 18.2 Å². The van der Waals surface area contributed by atoms with Gasteiger partial charge in [0.05, 0.1) is 39.6 Å². The topological polar surface area (TPSA) is 131 Å². The molecule has 0 aromatic heterocycles. The van der Waals surface area contributed by atoms with Crippen LogP contribution in [0, 0.1) is 28.6 Å². The second-order valence-electron chi connectivity index (χ2n) is 9.93. The molecule has 12 heteroatoms. The van der Waals surface area contributed by atoms with Gasteiger partial charge in [-0.25, -0.2) is 17.2 Å². The molecule has 37 heavy (non-hydrogen) atoms. The average molecular weight is 553 g/mol. The molecule has 2 aliphatic carbocycles. The van der Waals surface area contributed by atoms with Crippen molar-refractivity contribution in [3.05, 3.63) is 34.9 Å². The van der Waals surface area contributed by atoms with Gasteiger partial charge in [0, 0.05) is 19.2 Å². The van der Waals surface area contributed by atoms with Gasteiger partial charge >= 0.3 is 0 Å². The number of halogens is 3. The van der Waals surface area contributed by atoms with E-state index in [0.29, 0.717) is 24.0 Å². The Morgan fingerprint density at radius 3 is 2.43 bits per heavy atom. The molecule has 1 aliphatic heterocycles. The summed E-state index contributed by atoms with van der Waals surface area (Å²) in [6.45, 7) is 0.780. The van der Waals surface area contributed by atoms with Gasteiger partial charge in [-0.1, -0.05) is 23.7 Å². The number of nitrogens with zero attached hydrogens (tertiary/aromatic N) is 2. The number of carbonyl (C=O) groups excluding carboxylic acids is 2. The zero-order chi connectivity index (χ0) is 27.2. The normalized spacial score (nSPS) is 26.4. The van der Waals surface area contributed by atoms with Crippen molar-refractivity contribution in [3.63, 3.8) is 0 Å². The molecule has 1 saturated heterocycles. The molecule has 2 amide bonds. The Hall–Kier alpha value is -2.84. The molecule has 1 aromatic carbocycles. The number of alkyl halides is 2. The molecular formula is C25H27ClF2N4O4S. The van der Waals surface area contributed by atoms with E-state index in [2.05, 4.69) is 5.32 Å². The second kappa shape index (κ2) is 9.80. The molecule has 2 saturated carbocycles.